The minimum atomic E-state index is -4.10. The number of benzene rings is 1. The fourth-order valence-corrected chi connectivity index (χ4v) is 7.01. The van der Waals surface area contributed by atoms with Crippen molar-refractivity contribution >= 4 is 47.8 Å². The molecule has 1 aromatic heterocycles. The monoisotopic (exact) mass is 470 g/mol. The lowest BCUT2D eigenvalue weighted by atomic mass is 9.97. The lowest BCUT2D eigenvalue weighted by Crippen LogP contribution is -2.35. The first-order valence-electron chi connectivity index (χ1n) is 9.17. The molecule has 30 heavy (non-hydrogen) atoms. The first kappa shape index (κ1) is 22.6. The van der Waals surface area contributed by atoms with Crippen molar-refractivity contribution in [2.75, 3.05) is 17.1 Å². The SMILES string of the molecule is CCN(c1c(C)ccc(C2=C(O)c3ncccc3C(C)(C)S2(=O)=O)c1Cl)S(C)(=O)=O. The van der Waals surface area contributed by atoms with Crippen LogP contribution in [0.1, 0.15) is 43.2 Å². The number of nitrogens with zero attached hydrogens (tertiary/aromatic N) is 2. The Bertz CT molecular complexity index is 1280. The van der Waals surface area contributed by atoms with Crippen LogP contribution in [0, 0.1) is 6.92 Å². The fourth-order valence-electron chi connectivity index (χ4n) is 3.69. The van der Waals surface area contributed by atoms with Crippen LogP contribution in [0.5, 0.6) is 0 Å². The van der Waals surface area contributed by atoms with Crippen molar-refractivity contribution < 1.29 is 21.9 Å². The van der Waals surface area contributed by atoms with Gasteiger partial charge in [-0.15, -0.1) is 0 Å². The molecule has 0 aliphatic carbocycles. The summed E-state index contributed by atoms with van der Waals surface area (Å²) >= 11 is 6.60. The Hall–Kier alpha value is -2.10. The number of aliphatic hydroxyl groups excluding tert-OH is 1. The third kappa shape index (κ3) is 3.19. The molecule has 1 aliphatic heterocycles. The van der Waals surface area contributed by atoms with Gasteiger partial charge in [-0.2, -0.15) is 0 Å². The average molecular weight is 471 g/mol. The van der Waals surface area contributed by atoms with E-state index in [0.717, 1.165) is 10.6 Å². The predicted octanol–water partition coefficient (Wildman–Crippen LogP) is 3.88. The Morgan fingerprint density at radius 1 is 1.23 bits per heavy atom. The molecule has 2 aromatic rings. The van der Waals surface area contributed by atoms with Crippen molar-refractivity contribution in [2.45, 2.75) is 32.4 Å². The van der Waals surface area contributed by atoms with Crippen molar-refractivity contribution in [3.63, 3.8) is 0 Å². The summed E-state index contributed by atoms with van der Waals surface area (Å²) < 4.78 is 51.4. The summed E-state index contributed by atoms with van der Waals surface area (Å²) in [4.78, 5) is 3.81. The molecule has 0 bridgehead atoms. The number of pyridine rings is 1. The number of aryl methyl sites for hydroxylation is 1. The summed E-state index contributed by atoms with van der Waals surface area (Å²) in [7, 11) is -7.77. The summed E-state index contributed by atoms with van der Waals surface area (Å²) in [5.41, 5.74) is 1.30. The van der Waals surface area contributed by atoms with Gasteiger partial charge in [0, 0.05) is 23.9 Å². The van der Waals surface area contributed by atoms with E-state index in [1.807, 2.05) is 0 Å². The highest BCUT2D eigenvalue weighted by Gasteiger charge is 2.48. The van der Waals surface area contributed by atoms with Gasteiger partial charge in [0.1, 0.15) is 10.6 Å². The van der Waals surface area contributed by atoms with Crippen molar-refractivity contribution in [3.05, 3.63) is 57.9 Å². The van der Waals surface area contributed by atoms with E-state index >= 15 is 0 Å². The van der Waals surface area contributed by atoms with Gasteiger partial charge < -0.3 is 5.11 Å². The van der Waals surface area contributed by atoms with E-state index in [0.29, 0.717) is 11.1 Å². The number of rotatable bonds is 4. The molecule has 0 unspecified atom stereocenters. The standard InChI is InChI=1S/C20H23ClN2O5S2/c1-6-23(29(5,25)26)17-12(2)9-10-13(15(17)21)19-18(24)16-14(8-7-11-22-16)20(3,4)30(19,27)28/h7-11,24H,6H2,1-5H3. The van der Waals surface area contributed by atoms with Gasteiger partial charge in [-0.25, -0.2) is 16.8 Å². The van der Waals surface area contributed by atoms with Crippen molar-refractivity contribution in [3.8, 4) is 0 Å². The van der Waals surface area contributed by atoms with E-state index in [2.05, 4.69) is 4.98 Å². The van der Waals surface area contributed by atoms with Gasteiger partial charge in [-0.05, 0) is 39.3 Å². The highest BCUT2D eigenvalue weighted by atomic mass is 35.5. The van der Waals surface area contributed by atoms with Gasteiger partial charge in [0.05, 0.1) is 21.7 Å². The van der Waals surface area contributed by atoms with Gasteiger partial charge in [-0.1, -0.05) is 29.8 Å². The first-order valence-corrected chi connectivity index (χ1v) is 12.9. The molecular weight excluding hydrogens is 448 g/mol. The molecular formula is C20H23ClN2O5S2. The van der Waals surface area contributed by atoms with Gasteiger partial charge in [-0.3, -0.25) is 9.29 Å². The van der Waals surface area contributed by atoms with E-state index in [4.69, 9.17) is 11.6 Å². The molecule has 0 fully saturated rings. The number of halogens is 1. The first-order chi connectivity index (χ1) is 13.8. The Morgan fingerprint density at radius 3 is 2.43 bits per heavy atom. The van der Waals surface area contributed by atoms with Gasteiger partial charge in [0.2, 0.25) is 10.0 Å². The number of fused-ring (bicyclic) bond motifs is 1. The number of hydrogen-bond donors (Lipinski definition) is 1. The van der Waals surface area contributed by atoms with Crippen molar-refractivity contribution in [1.82, 2.24) is 4.98 Å². The Labute approximate surface area is 182 Å². The molecule has 0 atom stereocenters. The molecule has 0 amide bonds. The largest absolute Gasteiger partial charge is 0.504 e. The summed E-state index contributed by atoms with van der Waals surface area (Å²) in [5, 5.41) is 10.9. The summed E-state index contributed by atoms with van der Waals surface area (Å²) in [6.07, 6.45) is 2.52. The van der Waals surface area contributed by atoms with Crippen molar-refractivity contribution in [1.29, 1.82) is 0 Å². The van der Waals surface area contributed by atoms with E-state index in [9.17, 15) is 21.9 Å². The molecule has 10 heteroatoms. The van der Waals surface area contributed by atoms with Crippen LogP contribution in [-0.4, -0.2) is 39.7 Å². The number of sulfonamides is 1. The number of sulfone groups is 1. The van der Waals surface area contributed by atoms with Crippen LogP contribution in [0.15, 0.2) is 30.5 Å². The molecule has 3 rings (SSSR count). The Kier molecular flexibility index (Phi) is 5.46. The van der Waals surface area contributed by atoms with Crippen LogP contribution in [0.2, 0.25) is 5.02 Å². The molecule has 1 aromatic carbocycles. The highest BCUT2D eigenvalue weighted by molar-refractivity contribution is 8.01. The molecule has 162 valence electrons. The number of aliphatic hydroxyl groups is 1. The molecule has 0 spiro atoms. The molecule has 0 saturated carbocycles. The topological polar surface area (TPSA) is 105 Å². The fraction of sp³-hybridized carbons (Fsp3) is 0.350. The van der Waals surface area contributed by atoms with Crippen LogP contribution < -0.4 is 4.31 Å². The van der Waals surface area contributed by atoms with Crippen LogP contribution >= 0.6 is 11.6 Å². The number of hydrogen-bond acceptors (Lipinski definition) is 6. The highest BCUT2D eigenvalue weighted by Crippen LogP contribution is 2.50. The number of anilines is 1. The zero-order chi connectivity index (χ0) is 22.6. The van der Waals surface area contributed by atoms with Crippen molar-refractivity contribution in [2.24, 2.45) is 0 Å². The summed E-state index contributed by atoms with van der Waals surface area (Å²) in [6.45, 7) is 6.51. The summed E-state index contributed by atoms with van der Waals surface area (Å²) in [5.74, 6) is -0.510. The van der Waals surface area contributed by atoms with Gasteiger partial charge in [0.15, 0.2) is 15.6 Å². The number of aromatic nitrogens is 1. The molecule has 1 aliphatic rings. The third-order valence-corrected chi connectivity index (χ3v) is 9.47. The van der Waals surface area contributed by atoms with Crippen LogP contribution in [0.25, 0.3) is 10.7 Å². The molecule has 7 nitrogen and oxygen atoms in total. The minimum absolute atomic E-state index is 0.0289. The molecule has 2 heterocycles. The van der Waals surface area contributed by atoms with E-state index in [-0.39, 0.29) is 33.4 Å². The Morgan fingerprint density at radius 2 is 1.87 bits per heavy atom. The third-order valence-electron chi connectivity index (χ3n) is 5.34. The Balaban J connectivity index is 2.43. The maximum absolute atomic E-state index is 13.6. The van der Waals surface area contributed by atoms with Gasteiger partial charge >= 0.3 is 0 Å². The lowest BCUT2D eigenvalue weighted by molar-refractivity contribution is 0.501. The second-order valence-electron chi connectivity index (χ2n) is 7.61. The van der Waals surface area contributed by atoms with E-state index in [1.54, 1.807) is 32.0 Å². The zero-order valence-corrected chi connectivity index (χ0v) is 19.7. The predicted molar refractivity (Wildman–Crippen MR) is 120 cm³/mol. The lowest BCUT2D eigenvalue weighted by Gasteiger charge is -2.33. The maximum Gasteiger partial charge on any atom is 0.232 e. The van der Waals surface area contributed by atoms with E-state index < -0.39 is 30.4 Å². The molecule has 0 saturated heterocycles. The summed E-state index contributed by atoms with van der Waals surface area (Å²) in [6, 6.07) is 6.28. The van der Waals surface area contributed by atoms with Gasteiger partial charge in [0.25, 0.3) is 0 Å². The second kappa shape index (κ2) is 7.25. The average Bonchev–Trinajstić information content (AvgIpc) is 2.64. The zero-order valence-electron chi connectivity index (χ0n) is 17.3. The van der Waals surface area contributed by atoms with E-state index in [1.165, 1.54) is 26.1 Å². The minimum Gasteiger partial charge on any atom is -0.504 e. The van der Waals surface area contributed by atoms with Crippen LogP contribution in [0.3, 0.4) is 0 Å². The van der Waals surface area contributed by atoms with Crippen LogP contribution in [0.4, 0.5) is 5.69 Å². The maximum atomic E-state index is 13.6. The quantitative estimate of drug-likeness (QED) is 0.727. The normalized spacial score (nSPS) is 17.5. The molecule has 0 radical (unpaired) electrons. The van der Waals surface area contributed by atoms with Crippen LogP contribution in [-0.2, 0) is 24.6 Å². The molecule has 1 N–H and O–H groups in total. The smallest absolute Gasteiger partial charge is 0.232 e. The second-order valence-corrected chi connectivity index (χ2v) is 12.3.